The summed E-state index contributed by atoms with van der Waals surface area (Å²) < 4.78 is 0. The molecule has 0 bridgehead atoms. The van der Waals surface area contributed by atoms with Crippen molar-refractivity contribution >= 4 is 17.3 Å². The Kier molecular flexibility index (Phi) is 5.21. The quantitative estimate of drug-likeness (QED) is 0.858. The van der Waals surface area contributed by atoms with Crippen LogP contribution in [0.25, 0.3) is 0 Å². The van der Waals surface area contributed by atoms with Gasteiger partial charge in [-0.2, -0.15) is 0 Å². The lowest BCUT2D eigenvalue weighted by atomic mass is 9.93. The van der Waals surface area contributed by atoms with E-state index in [1.54, 1.807) is 0 Å². The third-order valence-corrected chi connectivity index (χ3v) is 4.59. The Hall–Kier alpha value is -0.730. The minimum Gasteiger partial charge on any atom is -0.367 e. The van der Waals surface area contributed by atoms with Gasteiger partial charge in [-0.05, 0) is 58.1 Å². The summed E-state index contributed by atoms with van der Waals surface area (Å²) in [4.78, 5) is 2.51. The zero-order valence-electron chi connectivity index (χ0n) is 14.0. The third-order valence-electron chi connectivity index (χ3n) is 4.28. The molecule has 1 saturated heterocycles. The second-order valence-electron chi connectivity index (χ2n) is 7.54. The normalized spacial score (nSPS) is 23.4. The maximum Gasteiger partial charge on any atom is 0.0643 e. The van der Waals surface area contributed by atoms with Crippen LogP contribution < -0.4 is 10.2 Å². The van der Waals surface area contributed by atoms with Gasteiger partial charge in [-0.15, -0.1) is 0 Å². The minimum atomic E-state index is 0.112. The van der Waals surface area contributed by atoms with Crippen LogP contribution in [0.5, 0.6) is 0 Å². The largest absolute Gasteiger partial charge is 0.367 e. The monoisotopic (exact) mass is 308 g/mol. The summed E-state index contributed by atoms with van der Waals surface area (Å²) in [6.45, 7) is 13.2. The lowest BCUT2D eigenvalue weighted by molar-refractivity contribution is 0.387. The van der Waals surface area contributed by atoms with Crippen molar-refractivity contribution in [3.63, 3.8) is 0 Å². The molecule has 21 heavy (non-hydrogen) atoms. The molecule has 2 rings (SSSR count). The Morgan fingerprint density at radius 1 is 1.24 bits per heavy atom. The minimum absolute atomic E-state index is 0.112. The molecule has 0 aromatic heterocycles. The third kappa shape index (κ3) is 4.37. The molecular formula is C18H29ClN2. The Morgan fingerprint density at radius 2 is 1.95 bits per heavy atom. The van der Waals surface area contributed by atoms with E-state index >= 15 is 0 Å². The van der Waals surface area contributed by atoms with Gasteiger partial charge in [0.1, 0.15) is 0 Å². The molecule has 1 aliphatic rings. The van der Waals surface area contributed by atoms with Crippen LogP contribution >= 0.6 is 11.6 Å². The van der Waals surface area contributed by atoms with Crippen LogP contribution in [0.3, 0.4) is 0 Å². The molecule has 1 aliphatic heterocycles. The molecule has 3 heteroatoms. The number of para-hydroxylation sites is 1. The number of anilines is 1. The molecule has 0 amide bonds. The van der Waals surface area contributed by atoms with Gasteiger partial charge in [0.15, 0.2) is 0 Å². The lowest BCUT2D eigenvalue weighted by Gasteiger charge is -2.40. The summed E-state index contributed by atoms with van der Waals surface area (Å²) >= 11 is 6.56. The van der Waals surface area contributed by atoms with Gasteiger partial charge in [0.2, 0.25) is 0 Å². The average Bonchev–Trinajstić information content (AvgIpc) is 2.39. The number of hydrogen-bond acceptors (Lipinski definition) is 2. The lowest BCUT2D eigenvalue weighted by Crippen LogP contribution is -2.42. The molecule has 1 N–H and O–H groups in total. The second kappa shape index (κ2) is 6.58. The van der Waals surface area contributed by atoms with Gasteiger partial charge in [0.25, 0.3) is 0 Å². The molecule has 118 valence electrons. The van der Waals surface area contributed by atoms with Crippen LogP contribution in [0.2, 0.25) is 5.02 Å². The number of piperidine rings is 1. The van der Waals surface area contributed by atoms with Crippen LogP contribution in [-0.4, -0.2) is 18.1 Å². The first-order chi connectivity index (χ1) is 9.78. The SMILES string of the molecule is CC1CCC(C)N(c2c(Cl)cccc2CNC(C)(C)C)C1. The Balaban J connectivity index is 2.28. The van der Waals surface area contributed by atoms with Crippen molar-refractivity contribution < 1.29 is 0 Å². The fraction of sp³-hybridized carbons (Fsp3) is 0.667. The van der Waals surface area contributed by atoms with Crippen LogP contribution in [0, 0.1) is 5.92 Å². The molecule has 0 radical (unpaired) electrons. The molecule has 2 atom stereocenters. The van der Waals surface area contributed by atoms with Crippen LogP contribution in [0.15, 0.2) is 18.2 Å². The molecule has 0 spiro atoms. The van der Waals surface area contributed by atoms with Gasteiger partial charge >= 0.3 is 0 Å². The Labute approximate surface area is 134 Å². The van der Waals surface area contributed by atoms with Gasteiger partial charge < -0.3 is 10.2 Å². The molecule has 1 heterocycles. The highest BCUT2D eigenvalue weighted by molar-refractivity contribution is 6.33. The van der Waals surface area contributed by atoms with Crippen molar-refractivity contribution in [3.05, 3.63) is 28.8 Å². The van der Waals surface area contributed by atoms with E-state index in [0.717, 1.165) is 24.0 Å². The van der Waals surface area contributed by atoms with Crippen LogP contribution in [0.1, 0.15) is 53.0 Å². The number of benzene rings is 1. The zero-order valence-corrected chi connectivity index (χ0v) is 14.8. The number of rotatable bonds is 3. The smallest absolute Gasteiger partial charge is 0.0643 e. The molecule has 2 nitrogen and oxygen atoms in total. The van der Waals surface area contributed by atoms with Crippen molar-refractivity contribution in [1.82, 2.24) is 5.32 Å². The first kappa shape index (κ1) is 16.6. The summed E-state index contributed by atoms with van der Waals surface area (Å²) in [5, 5.41) is 4.46. The molecule has 2 unspecified atom stereocenters. The molecule has 1 aromatic rings. The van der Waals surface area contributed by atoms with Crippen molar-refractivity contribution in [2.24, 2.45) is 5.92 Å². The maximum absolute atomic E-state index is 6.56. The van der Waals surface area contributed by atoms with Gasteiger partial charge in [-0.25, -0.2) is 0 Å². The zero-order chi connectivity index (χ0) is 15.6. The van der Waals surface area contributed by atoms with E-state index in [1.165, 1.54) is 24.1 Å². The van der Waals surface area contributed by atoms with Crippen molar-refractivity contribution in [2.45, 2.75) is 65.6 Å². The Morgan fingerprint density at radius 3 is 2.62 bits per heavy atom. The fourth-order valence-electron chi connectivity index (χ4n) is 2.98. The first-order valence-electron chi connectivity index (χ1n) is 8.07. The molecule has 1 aromatic carbocycles. The molecular weight excluding hydrogens is 280 g/mol. The fourth-order valence-corrected chi connectivity index (χ4v) is 3.29. The summed E-state index contributed by atoms with van der Waals surface area (Å²) in [5.74, 6) is 0.737. The highest BCUT2D eigenvalue weighted by atomic mass is 35.5. The maximum atomic E-state index is 6.56. The predicted molar refractivity (Wildman–Crippen MR) is 93.3 cm³/mol. The van der Waals surface area contributed by atoms with Gasteiger partial charge in [0, 0.05) is 24.7 Å². The van der Waals surface area contributed by atoms with Crippen LogP contribution in [-0.2, 0) is 6.54 Å². The molecule has 1 fully saturated rings. The Bertz CT molecular complexity index is 479. The molecule has 0 saturated carbocycles. The summed E-state index contributed by atoms with van der Waals surface area (Å²) in [5.41, 5.74) is 2.65. The summed E-state index contributed by atoms with van der Waals surface area (Å²) in [6, 6.07) is 6.84. The van der Waals surface area contributed by atoms with Crippen molar-refractivity contribution in [1.29, 1.82) is 0 Å². The van der Waals surface area contributed by atoms with Gasteiger partial charge in [-0.1, -0.05) is 30.7 Å². The number of nitrogens with zero attached hydrogens (tertiary/aromatic N) is 1. The number of nitrogens with one attached hydrogen (secondary N) is 1. The predicted octanol–water partition coefficient (Wildman–Crippen LogP) is 4.85. The van der Waals surface area contributed by atoms with E-state index < -0.39 is 0 Å². The van der Waals surface area contributed by atoms with Gasteiger partial charge in [-0.3, -0.25) is 0 Å². The van der Waals surface area contributed by atoms with Crippen LogP contribution in [0.4, 0.5) is 5.69 Å². The van der Waals surface area contributed by atoms with E-state index in [1.807, 2.05) is 6.07 Å². The highest BCUT2D eigenvalue weighted by Crippen LogP contribution is 2.35. The second-order valence-corrected chi connectivity index (χ2v) is 7.94. The molecule has 0 aliphatic carbocycles. The van der Waals surface area contributed by atoms with Crippen molar-refractivity contribution in [2.75, 3.05) is 11.4 Å². The van der Waals surface area contributed by atoms with E-state index in [2.05, 4.69) is 57.0 Å². The highest BCUT2D eigenvalue weighted by Gasteiger charge is 2.26. The first-order valence-corrected chi connectivity index (χ1v) is 8.45. The number of halogens is 1. The van der Waals surface area contributed by atoms with Gasteiger partial charge in [0.05, 0.1) is 10.7 Å². The standard InChI is InChI=1S/C18H29ClN2/c1-13-9-10-14(2)21(12-13)17-15(7-6-8-16(17)19)11-20-18(3,4)5/h6-8,13-14,20H,9-12H2,1-5H3. The summed E-state index contributed by atoms with van der Waals surface area (Å²) in [7, 11) is 0. The summed E-state index contributed by atoms with van der Waals surface area (Å²) in [6.07, 6.45) is 2.57. The number of hydrogen-bond donors (Lipinski definition) is 1. The van der Waals surface area contributed by atoms with E-state index in [-0.39, 0.29) is 5.54 Å². The van der Waals surface area contributed by atoms with Crippen molar-refractivity contribution in [3.8, 4) is 0 Å². The van der Waals surface area contributed by atoms with E-state index in [0.29, 0.717) is 6.04 Å². The average molecular weight is 309 g/mol. The van der Waals surface area contributed by atoms with E-state index in [4.69, 9.17) is 11.6 Å². The topological polar surface area (TPSA) is 15.3 Å². The van der Waals surface area contributed by atoms with E-state index in [9.17, 15) is 0 Å².